The van der Waals surface area contributed by atoms with E-state index in [4.69, 9.17) is 0 Å². The predicted octanol–water partition coefficient (Wildman–Crippen LogP) is 1.27. The highest BCUT2D eigenvalue weighted by atomic mass is 16.4. The van der Waals surface area contributed by atoms with Gasteiger partial charge in [-0.15, -0.1) is 0 Å². The summed E-state index contributed by atoms with van der Waals surface area (Å²) in [4.78, 5) is 23.6. The quantitative estimate of drug-likeness (QED) is 0.759. The third kappa shape index (κ3) is 2.29. The lowest BCUT2D eigenvalue weighted by molar-refractivity contribution is -0.152. The summed E-state index contributed by atoms with van der Waals surface area (Å²) in [6.07, 6.45) is 2.06. The van der Waals surface area contributed by atoms with Crippen molar-refractivity contribution in [1.29, 1.82) is 0 Å². The Labute approximate surface area is 117 Å². The molecule has 0 aromatic heterocycles. The smallest absolute Gasteiger partial charge is 0.307 e. The van der Waals surface area contributed by atoms with E-state index in [9.17, 15) is 14.7 Å². The van der Waals surface area contributed by atoms with Crippen LogP contribution in [-0.2, 0) is 9.59 Å². The Balaban J connectivity index is 1.82. The van der Waals surface area contributed by atoms with Crippen molar-refractivity contribution in [1.82, 2.24) is 10.6 Å². The zero-order valence-electron chi connectivity index (χ0n) is 11.1. The van der Waals surface area contributed by atoms with Gasteiger partial charge in [0.25, 0.3) is 0 Å². The Morgan fingerprint density at radius 3 is 2.65 bits per heavy atom. The predicted molar refractivity (Wildman–Crippen MR) is 72.7 cm³/mol. The summed E-state index contributed by atoms with van der Waals surface area (Å²) >= 11 is 0. The average molecular weight is 274 g/mol. The van der Waals surface area contributed by atoms with Crippen molar-refractivity contribution >= 4 is 11.9 Å². The lowest BCUT2D eigenvalue weighted by Gasteiger charge is -2.42. The number of hydrogen-bond donors (Lipinski definition) is 3. The van der Waals surface area contributed by atoms with Gasteiger partial charge in [0.15, 0.2) is 0 Å². The summed E-state index contributed by atoms with van der Waals surface area (Å²) in [7, 11) is 0. The monoisotopic (exact) mass is 274 g/mol. The van der Waals surface area contributed by atoms with Crippen LogP contribution in [0.4, 0.5) is 0 Å². The van der Waals surface area contributed by atoms with E-state index in [1.807, 2.05) is 30.3 Å². The second-order valence-electron chi connectivity index (χ2n) is 5.53. The van der Waals surface area contributed by atoms with Crippen molar-refractivity contribution in [2.24, 2.45) is 11.8 Å². The summed E-state index contributed by atoms with van der Waals surface area (Å²) < 4.78 is 0. The van der Waals surface area contributed by atoms with E-state index >= 15 is 0 Å². The summed E-state index contributed by atoms with van der Waals surface area (Å²) in [6, 6.07) is 9.64. The van der Waals surface area contributed by atoms with Crippen molar-refractivity contribution in [3.8, 4) is 0 Å². The van der Waals surface area contributed by atoms with Crippen LogP contribution in [0.5, 0.6) is 0 Å². The van der Waals surface area contributed by atoms with Gasteiger partial charge in [-0.2, -0.15) is 0 Å². The SMILES string of the molecule is O=C(O)C1CCCC2NC(c3ccccc3)NC(=O)C21. The van der Waals surface area contributed by atoms with Gasteiger partial charge in [-0.3, -0.25) is 14.9 Å². The van der Waals surface area contributed by atoms with E-state index in [-0.39, 0.29) is 18.1 Å². The molecule has 0 bridgehead atoms. The van der Waals surface area contributed by atoms with E-state index in [1.54, 1.807) is 0 Å². The van der Waals surface area contributed by atoms with Gasteiger partial charge in [0.05, 0.1) is 11.8 Å². The Bertz CT molecular complexity index is 517. The lowest BCUT2D eigenvalue weighted by Crippen LogP contribution is -2.60. The van der Waals surface area contributed by atoms with Gasteiger partial charge in [-0.1, -0.05) is 36.8 Å². The molecular formula is C15H18N2O3. The van der Waals surface area contributed by atoms with Crippen molar-refractivity contribution in [2.75, 3.05) is 0 Å². The van der Waals surface area contributed by atoms with E-state index in [0.717, 1.165) is 18.4 Å². The van der Waals surface area contributed by atoms with Crippen LogP contribution in [0.1, 0.15) is 31.0 Å². The highest BCUT2D eigenvalue weighted by Crippen LogP contribution is 2.34. The zero-order chi connectivity index (χ0) is 14.1. The molecule has 3 N–H and O–H groups in total. The number of fused-ring (bicyclic) bond motifs is 1. The molecule has 1 amide bonds. The minimum absolute atomic E-state index is 0.0520. The number of carbonyl (C=O) groups excluding carboxylic acids is 1. The standard InChI is InChI=1S/C15H18N2O3/c18-14-12-10(15(19)20)7-4-8-11(12)16-13(17-14)9-5-2-1-3-6-9/h1-3,5-6,10-13,16H,4,7-8H2,(H,17,18)(H,19,20). The molecule has 1 heterocycles. The molecule has 20 heavy (non-hydrogen) atoms. The maximum absolute atomic E-state index is 12.3. The molecule has 2 fully saturated rings. The zero-order valence-corrected chi connectivity index (χ0v) is 11.1. The maximum Gasteiger partial charge on any atom is 0.307 e. The van der Waals surface area contributed by atoms with Gasteiger partial charge in [0, 0.05) is 6.04 Å². The Hall–Kier alpha value is -1.88. The van der Waals surface area contributed by atoms with Crippen molar-refractivity contribution in [2.45, 2.75) is 31.5 Å². The molecule has 4 atom stereocenters. The summed E-state index contributed by atoms with van der Waals surface area (Å²) in [6.45, 7) is 0. The number of carbonyl (C=O) groups is 2. The number of carboxylic acid groups (broad SMARTS) is 1. The van der Waals surface area contributed by atoms with Gasteiger partial charge >= 0.3 is 5.97 Å². The Morgan fingerprint density at radius 1 is 1.20 bits per heavy atom. The second-order valence-corrected chi connectivity index (χ2v) is 5.53. The van der Waals surface area contributed by atoms with Crippen LogP contribution in [-0.4, -0.2) is 23.0 Å². The molecule has 1 aliphatic carbocycles. The first kappa shape index (κ1) is 13.1. The van der Waals surface area contributed by atoms with Crippen LogP contribution < -0.4 is 10.6 Å². The molecule has 3 rings (SSSR count). The van der Waals surface area contributed by atoms with Gasteiger partial charge in [0.2, 0.25) is 5.91 Å². The van der Waals surface area contributed by atoms with Crippen LogP contribution in [0.15, 0.2) is 30.3 Å². The van der Waals surface area contributed by atoms with Gasteiger partial charge in [-0.25, -0.2) is 0 Å². The molecule has 1 aromatic rings. The van der Waals surface area contributed by atoms with Crippen LogP contribution >= 0.6 is 0 Å². The highest BCUT2D eigenvalue weighted by Gasteiger charge is 2.46. The normalized spacial score (nSPS) is 33.1. The minimum atomic E-state index is -0.866. The molecular weight excluding hydrogens is 256 g/mol. The number of rotatable bonds is 2. The number of nitrogens with one attached hydrogen (secondary N) is 2. The molecule has 4 unspecified atom stereocenters. The molecule has 5 nitrogen and oxygen atoms in total. The molecule has 1 saturated heterocycles. The summed E-state index contributed by atoms with van der Waals surface area (Å²) in [5.41, 5.74) is 0.997. The van der Waals surface area contributed by atoms with Gasteiger partial charge in [0.1, 0.15) is 6.17 Å². The fraction of sp³-hybridized carbons (Fsp3) is 0.467. The van der Waals surface area contributed by atoms with Gasteiger partial charge in [-0.05, 0) is 18.4 Å². The number of hydrogen-bond acceptors (Lipinski definition) is 3. The lowest BCUT2D eigenvalue weighted by atomic mass is 9.74. The summed E-state index contributed by atoms with van der Waals surface area (Å²) in [5.74, 6) is -2.04. The molecule has 2 aliphatic rings. The van der Waals surface area contributed by atoms with E-state index in [2.05, 4.69) is 10.6 Å². The third-order valence-corrected chi connectivity index (χ3v) is 4.32. The number of aliphatic carboxylic acids is 1. The average Bonchev–Trinajstić information content (AvgIpc) is 2.47. The molecule has 1 saturated carbocycles. The second kappa shape index (κ2) is 5.25. The topological polar surface area (TPSA) is 78.4 Å². The Morgan fingerprint density at radius 2 is 1.95 bits per heavy atom. The molecule has 106 valence electrons. The maximum atomic E-state index is 12.3. The fourth-order valence-electron chi connectivity index (χ4n) is 3.35. The first-order chi connectivity index (χ1) is 9.66. The first-order valence-corrected chi connectivity index (χ1v) is 7.01. The molecule has 0 spiro atoms. The Kier molecular flexibility index (Phi) is 3.44. The molecule has 0 radical (unpaired) electrons. The number of amides is 1. The van der Waals surface area contributed by atoms with Gasteiger partial charge < -0.3 is 10.4 Å². The third-order valence-electron chi connectivity index (χ3n) is 4.32. The fourth-order valence-corrected chi connectivity index (χ4v) is 3.35. The van der Waals surface area contributed by atoms with Crippen LogP contribution in [0.25, 0.3) is 0 Å². The molecule has 5 heteroatoms. The molecule has 1 aliphatic heterocycles. The van der Waals surface area contributed by atoms with Crippen molar-refractivity contribution in [3.63, 3.8) is 0 Å². The number of benzene rings is 1. The summed E-state index contributed by atoms with van der Waals surface area (Å²) in [5, 5.41) is 15.6. The van der Waals surface area contributed by atoms with Crippen LogP contribution in [0, 0.1) is 11.8 Å². The van der Waals surface area contributed by atoms with Crippen LogP contribution in [0.3, 0.4) is 0 Å². The van der Waals surface area contributed by atoms with E-state index in [1.165, 1.54) is 0 Å². The van der Waals surface area contributed by atoms with E-state index < -0.39 is 17.8 Å². The van der Waals surface area contributed by atoms with Crippen LogP contribution in [0.2, 0.25) is 0 Å². The first-order valence-electron chi connectivity index (χ1n) is 7.01. The molecule has 1 aromatic carbocycles. The minimum Gasteiger partial charge on any atom is -0.481 e. The highest BCUT2D eigenvalue weighted by molar-refractivity contribution is 5.86. The van der Waals surface area contributed by atoms with Crippen molar-refractivity contribution < 1.29 is 14.7 Å². The van der Waals surface area contributed by atoms with E-state index in [0.29, 0.717) is 6.42 Å². The largest absolute Gasteiger partial charge is 0.481 e. The number of carboxylic acids is 1. The van der Waals surface area contributed by atoms with Crippen molar-refractivity contribution in [3.05, 3.63) is 35.9 Å².